The molecule has 9 heteroatoms. The number of dihydropyridines is 1. The Morgan fingerprint density at radius 2 is 1.91 bits per heavy atom. The minimum Gasteiger partial charge on any atom is -0.504 e. The lowest BCUT2D eigenvalue weighted by Crippen LogP contribution is -2.43. The maximum absolute atomic E-state index is 13.6. The lowest BCUT2D eigenvalue weighted by atomic mass is 9.69. The molecule has 0 spiro atoms. The zero-order valence-corrected chi connectivity index (χ0v) is 19.4. The van der Waals surface area contributed by atoms with Crippen LogP contribution in [0.1, 0.15) is 31.7 Å². The van der Waals surface area contributed by atoms with Crippen LogP contribution < -0.4 is 10.1 Å². The number of phenolic OH excluding ortho intramolecular Hbond substituents is 1. The molecular formula is C24H29NO8. The Morgan fingerprint density at radius 1 is 1.18 bits per heavy atom. The van der Waals surface area contributed by atoms with Crippen molar-refractivity contribution in [2.45, 2.75) is 26.2 Å². The van der Waals surface area contributed by atoms with E-state index in [0.717, 1.165) is 0 Å². The highest BCUT2D eigenvalue weighted by atomic mass is 16.6. The van der Waals surface area contributed by atoms with Gasteiger partial charge in [0.2, 0.25) is 0 Å². The van der Waals surface area contributed by atoms with Crippen molar-refractivity contribution in [1.82, 2.24) is 5.32 Å². The summed E-state index contributed by atoms with van der Waals surface area (Å²) in [6.07, 6.45) is 0.426. The summed E-state index contributed by atoms with van der Waals surface area (Å²) < 4.78 is 20.5. The number of esters is 2. The van der Waals surface area contributed by atoms with Crippen LogP contribution in [-0.2, 0) is 28.6 Å². The van der Waals surface area contributed by atoms with Crippen LogP contribution in [0.4, 0.5) is 0 Å². The molecule has 0 saturated heterocycles. The molecule has 0 saturated carbocycles. The standard InChI is InChI=1S/C24H29NO8/c1-12-10-15-21(22(27)18(12)23(28)32-5)20(14-6-7-16(26)17(11-14)31-4)19(13(2)25-15)24(29)33-9-8-30-3/h6-7,11-12,18,20,25-26H,8-10H2,1-5H3/t12-,18-,20+/m0/s1. The van der Waals surface area contributed by atoms with Crippen LogP contribution in [0.15, 0.2) is 40.7 Å². The Morgan fingerprint density at radius 3 is 2.55 bits per heavy atom. The third kappa shape index (κ3) is 4.59. The van der Waals surface area contributed by atoms with Crippen LogP contribution in [0.3, 0.4) is 0 Å². The minimum absolute atomic E-state index is 0.0411. The first kappa shape index (κ1) is 24.3. The van der Waals surface area contributed by atoms with Gasteiger partial charge in [-0.3, -0.25) is 9.59 Å². The van der Waals surface area contributed by atoms with Gasteiger partial charge in [0, 0.05) is 30.0 Å². The summed E-state index contributed by atoms with van der Waals surface area (Å²) in [7, 11) is 4.15. The molecule has 0 amide bonds. The second kappa shape index (κ2) is 10.1. The Balaban J connectivity index is 2.16. The number of carbonyl (C=O) groups excluding carboxylic acids is 3. The third-order valence-electron chi connectivity index (χ3n) is 6.02. The van der Waals surface area contributed by atoms with Crippen molar-refractivity contribution >= 4 is 17.7 Å². The predicted octanol–water partition coefficient (Wildman–Crippen LogP) is 2.20. The van der Waals surface area contributed by atoms with Gasteiger partial charge in [-0.1, -0.05) is 13.0 Å². The molecule has 1 aromatic carbocycles. The van der Waals surface area contributed by atoms with Gasteiger partial charge in [-0.25, -0.2) is 4.79 Å². The van der Waals surface area contributed by atoms with E-state index in [-0.39, 0.29) is 36.2 Å². The molecule has 1 aliphatic carbocycles. The van der Waals surface area contributed by atoms with Gasteiger partial charge in [0.25, 0.3) is 0 Å². The topological polar surface area (TPSA) is 120 Å². The molecule has 2 aliphatic rings. The van der Waals surface area contributed by atoms with E-state index in [9.17, 15) is 19.5 Å². The SMILES string of the molecule is COCCOC(=O)C1=C(C)NC2=C(C(=O)[C@@H](C(=O)OC)[C@@H](C)C2)[C@@H]1c1ccc(O)c(OC)c1. The molecule has 0 fully saturated rings. The smallest absolute Gasteiger partial charge is 0.336 e. The van der Waals surface area contributed by atoms with Gasteiger partial charge in [0.15, 0.2) is 17.3 Å². The molecule has 33 heavy (non-hydrogen) atoms. The van der Waals surface area contributed by atoms with Crippen LogP contribution in [0.2, 0.25) is 0 Å². The molecular weight excluding hydrogens is 430 g/mol. The fourth-order valence-corrected chi connectivity index (χ4v) is 4.45. The van der Waals surface area contributed by atoms with Crippen molar-refractivity contribution in [3.63, 3.8) is 0 Å². The lowest BCUT2D eigenvalue weighted by Gasteiger charge is -2.38. The van der Waals surface area contributed by atoms with E-state index < -0.39 is 29.6 Å². The zero-order chi connectivity index (χ0) is 24.3. The molecule has 0 aromatic heterocycles. The first-order chi connectivity index (χ1) is 15.7. The van der Waals surface area contributed by atoms with Crippen LogP contribution in [-0.4, -0.2) is 57.4 Å². The summed E-state index contributed by atoms with van der Waals surface area (Å²) in [6.45, 7) is 3.82. The van der Waals surface area contributed by atoms with E-state index >= 15 is 0 Å². The highest BCUT2D eigenvalue weighted by Gasteiger charge is 2.47. The number of carbonyl (C=O) groups is 3. The number of ether oxygens (including phenoxy) is 4. The number of hydrogen-bond acceptors (Lipinski definition) is 9. The molecule has 1 aliphatic heterocycles. The van der Waals surface area contributed by atoms with Crippen molar-refractivity contribution < 1.29 is 38.4 Å². The summed E-state index contributed by atoms with van der Waals surface area (Å²) in [5.41, 5.74) is 2.29. The molecule has 3 rings (SSSR count). The molecule has 1 aromatic rings. The second-order valence-corrected chi connectivity index (χ2v) is 8.10. The van der Waals surface area contributed by atoms with Crippen LogP contribution in [0, 0.1) is 11.8 Å². The van der Waals surface area contributed by atoms with Gasteiger partial charge in [-0.2, -0.15) is 0 Å². The van der Waals surface area contributed by atoms with Crippen molar-refractivity contribution in [3.8, 4) is 11.5 Å². The van der Waals surface area contributed by atoms with E-state index in [2.05, 4.69) is 5.32 Å². The highest BCUT2D eigenvalue weighted by molar-refractivity contribution is 6.12. The number of hydrogen-bond donors (Lipinski definition) is 2. The van der Waals surface area contributed by atoms with Crippen molar-refractivity contribution in [2.24, 2.45) is 11.8 Å². The van der Waals surface area contributed by atoms with Gasteiger partial charge in [-0.15, -0.1) is 0 Å². The summed E-state index contributed by atoms with van der Waals surface area (Å²) in [5, 5.41) is 13.3. The number of rotatable bonds is 7. The van der Waals surface area contributed by atoms with Gasteiger partial charge in [-0.05, 0) is 37.0 Å². The molecule has 9 nitrogen and oxygen atoms in total. The van der Waals surface area contributed by atoms with E-state index in [1.54, 1.807) is 19.1 Å². The fourth-order valence-electron chi connectivity index (χ4n) is 4.45. The van der Waals surface area contributed by atoms with Gasteiger partial charge in [0.05, 0.1) is 26.4 Å². The summed E-state index contributed by atoms with van der Waals surface area (Å²) in [4.78, 5) is 39.2. The molecule has 0 radical (unpaired) electrons. The predicted molar refractivity (Wildman–Crippen MR) is 117 cm³/mol. The molecule has 2 N–H and O–H groups in total. The van der Waals surface area contributed by atoms with Crippen LogP contribution in [0.5, 0.6) is 11.5 Å². The van der Waals surface area contributed by atoms with Gasteiger partial charge >= 0.3 is 11.9 Å². The third-order valence-corrected chi connectivity index (χ3v) is 6.02. The van der Waals surface area contributed by atoms with Gasteiger partial charge < -0.3 is 29.4 Å². The van der Waals surface area contributed by atoms with E-state index in [4.69, 9.17) is 18.9 Å². The monoisotopic (exact) mass is 459 g/mol. The molecule has 0 unspecified atom stereocenters. The van der Waals surface area contributed by atoms with E-state index in [0.29, 0.717) is 29.0 Å². The van der Waals surface area contributed by atoms with Crippen molar-refractivity contribution in [2.75, 3.05) is 34.5 Å². The molecule has 178 valence electrons. The highest BCUT2D eigenvalue weighted by Crippen LogP contribution is 2.46. The Kier molecular flexibility index (Phi) is 7.43. The Hall–Kier alpha value is -3.33. The lowest BCUT2D eigenvalue weighted by molar-refractivity contribution is -0.151. The van der Waals surface area contributed by atoms with Crippen molar-refractivity contribution in [1.29, 1.82) is 0 Å². The number of benzene rings is 1. The van der Waals surface area contributed by atoms with Crippen molar-refractivity contribution in [3.05, 3.63) is 46.3 Å². The molecule has 3 atom stereocenters. The zero-order valence-electron chi connectivity index (χ0n) is 19.4. The number of phenols is 1. The summed E-state index contributed by atoms with van der Waals surface area (Å²) >= 11 is 0. The Labute approximate surface area is 192 Å². The summed E-state index contributed by atoms with van der Waals surface area (Å²) in [6, 6.07) is 4.63. The van der Waals surface area contributed by atoms with Crippen LogP contribution >= 0.6 is 0 Å². The minimum atomic E-state index is -0.985. The number of aromatic hydroxyl groups is 1. The summed E-state index contributed by atoms with van der Waals surface area (Å²) in [5.74, 6) is -3.61. The number of nitrogens with one attached hydrogen (secondary N) is 1. The first-order valence-corrected chi connectivity index (χ1v) is 10.6. The average Bonchev–Trinajstić information content (AvgIpc) is 2.78. The number of allylic oxidation sites excluding steroid dienone is 3. The van der Waals surface area contributed by atoms with Crippen LogP contribution in [0.25, 0.3) is 0 Å². The second-order valence-electron chi connectivity index (χ2n) is 8.10. The maximum atomic E-state index is 13.6. The number of ketones is 1. The fraction of sp³-hybridized carbons (Fsp3) is 0.458. The normalized spacial score (nSPS) is 22.5. The molecule has 1 heterocycles. The van der Waals surface area contributed by atoms with E-state index in [1.807, 2.05) is 6.92 Å². The average molecular weight is 459 g/mol. The maximum Gasteiger partial charge on any atom is 0.336 e. The first-order valence-electron chi connectivity index (χ1n) is 10.6. The van der Waals surface area contributed by atoms with E-state index in [1.165, 1.54) is 27.4 Å². The number of methoxy groups -OCH3 is 3. The largest absolute Gasteiger partial charge is 0.504 e. The molecule has 0 bridgehead atoms. The Bertz CT molecular complexity index is 1030. The quantitative estimate of drug-likeness (QED) is 0.359. The van der Waals surface area contributed by atoms with Gasteiger partial charge in [0.1, 0.15) is 12.5 Å². The number of Topliss-reactive ketones (excluding diaryl/α,β-unsaturated/α-hetero) is 1.